The Morgan fingerprint density at radius 1 is 1.30 bits per heavy atom. The second kappa shape index (κ2) is 7.71. The van der Waals surface area contributed by atoms with Crippen LogP contribution in [0.3, 0.4) is 0 Å². The standard InChI is InChI=1S/C12H14F3NO4/c1-18-5-6-19-8-11(17)16-9-3-2-4-10(7-9)20-12(13,14)15/h2-4,7H,5-6,8H2,1H3,(H,16,17). The van der Waals surface area contributed by atoms with E-state index in [0.29, 0.717) is 6.61 Å². The number of benzene rings is 1. The van der Waals surface area contributed by atoms with Gasteiger partial charge in [-0.05, 0) is 12.1 Å². The fourth-order valence-corrected chi connectivity index (χ4v) is 1.28. The Morgan fingerprint density at radius 2 is 2.05 bits per heavy atom. The molecule has 1 aromatic rings. The molecule has 0 saturated heterocycles. The summed E-state index contributed by atoms with van der Waals surface area (Å²) in [4.78, 5) is 11.4. The van der Waals surface area contributed by atoms with E-state index in [1.165, 1.54) is 19.2 Å². The first-order chi connectivity index (χ1) is 9.40. The van der Waals surface area contributed by atoms with Gasteiger partial charge in [0.15, 0.2) is 0 Å². The maximum Gasteiger partial charge on any atom is 0.573 e. The van der Waals surface area contributed by atoms with E-state index in [9.17, 15) is 18.0 Å². The van der Waals surface area contributed by atoms with Crippen LogP contribution in [0.5, 0.6) is 5.75 Å². The van der Waals surface area contributed by atoms with Crippen molar-refractivity contribution in [1.29, 1.82) is 0 Å². The molecule has 1 N–H and O–H groups in total. The molecule has 0 aromatic heterocycles. The van der Waals surface area contributed by atoms with Gasteiger partial charge in [-0.15, -0.1) is 13.2 Å². The number of carbonyl (C=O) groups is 1. The van der Waals surface area contributed by atoms with Gasteiger partial charge >= 0.3 is 6.36 Å². The number of ether oxygens (including phenoxy) is 3. The molecule has 0 aliphatic heterocycles. The highest BCUT2D eigenvalue weighted by molar-refractivity contribution is 5.91. The topological polar surface area (TPSA) is 56.8 Å². The third-order valence-corrected chi connectivity index (χ3v) is 2.02. The Bertz CT molecular complexity index is 437. The summed E-state index contributed by atoms with van der Waals surface area (Å²) in [6.07, 6.45) is -4.77. The van der Waals surface area contributed by atoms with Crippen molar-refractivity contribution in [3.63, 3.8) is 0 Å². The van der Waals surface area contributed by atoms with Crippen LogP contribution in [0.4, 0.5) is 18.9 Å². The number of hydrogen-bond donors (Lipinski definition) is 1. The second-order valence-electron chi connectivity index (χ2n) is 3.67. The summed E-state index contributed by atoms with van der Waals surface area (Å²) in [6, 6.07) is 4.98. The fraction of sp³-hybridized carbons (Fsp3) is 0.417. The molecule has 0 bridgehead atoms. The van der Waals surface area contributed by atoms with E-state index < -0.39 is 18.0 Å². The van der Waals surface area contributed by atoms with E-state index in [1.54, 1.807) is 0 Å². The van der Waals surface area contributed by atoms with Gasteiger partial charge in [-0.1, -0.05) is 6.07 Å². The zero-order valence-corrected chi connectivity index (χ0v) is 10.7. The summed E-state index contributed by atoms with van der Waals surface area (Å²) >= 11 is 0. The second-order valence-corrected chi connectivity index (χ2v) is 3.67. The van der Waals surface area contributed by atoms with Gasteiger partial charge in [-0.2, -0.15) is 0 Å². The van der Waals surface area contributed by atoms with Crippen LogP contribution in [0.15, 0.2) is 24.3 Å². The monoisotopic (exact) mass is 293 g/mol. The van der Waals surface area contributed by atoms with Crippen molar-refractivity contribution in [2.24, 2.45) is 0 Å². The Hall–Kier alpha value is -1.80. The van der Waals surface area contributed by atoms with Gasteiger partial charge in [0, 0.05) is 18.9 Å². The van der Waals surface area contributed by atoms with Crippen LogP contribution in [0, 0.1) is 0 Å². The largest absolute Gasteiger partial charge is 0.573 e. The lowest BCUT2D eigenvalue weighted by Gasteiger charge is -2.10. The Kier molecular flexibility index (Phi) is 6.26. The predicted molar refractivity (Wildman–Crippen MR) is 64.4 cm³/mol. The lowest BCUT2D eigenvalue weighted by molar-refractivity contribution is -0.274. The van der Waals surface area contributed by atoms with Crippen molar-refractivity contribution >= 4 is 11.6 Å². The summed E-state index contributed by atoms with van der Waals surface area (Å²) in [6.45, 7) is 0.386. The first-order valence-electron chi connectivity index (χ1n) is 5.63. The van der Waals surface area contributed by atoms with Gasteiger partial charge in [-0.3, -0.25) is 4.79 Å². The molecule has 0 aliphatic rings. The van der Waals surface area contributed by atoms with E-state index in [-0.39, 0.29) is 18.9 Å². The first-order valence-corrected chi connectivity index (χ1v) is 5.63. The van der Waals surface area contributed by atoms with Gasteiger partial charge in [0.1, 0.15) is 12.4 Å². The molecular weight excluding hydrogens is 279 g/mol. The van der Waals surface area contributed by atoms with Crippen LogP contribution in [0.2, 0.25) is 0 Å². The van der Waals surface area contributed by atoms with Gasteiger partial charge in [0.2, 0.25) is 5.91 Å². The number of amides is 1. The fourth-order valence-electron chi connectivity index (χ4n) is 1.28. The smallest absolute Gasteiger partial charge is 0.406 e. The molecule has 0 unspecified atom stereocenters. The first kappa shape index (κ1) is 16.3. The lowest BCUT2D eigenvalue weighted by atomic mass is 10.3. The van der Waals surface area contributed by atoms with Crippen LogP contribution in [-0.4, -0.2) is 39.2 Å². The van der Waals surface area contributed by atoms with E-state index >= 15 is 0 Å². The molecule has 112 valence electrons. The zero-order chi connectivity index (χ0) is 15.0. The van der Waals surface area contributed by atoms with Crippen molar-refractivity contribution in [2.75, 3.05) is 32.2 Å². The predicted octanol–water partition coefficient (Wildman–Crippen LogP) is 2.19. The van der Waals surface area contributed by atoms with Crippen LogP contribution in [-0.2, 0) is 14.3 Å². The minimum atomic E-state index is -4.77. The maximum atomic E-state index is 12.0. The molecule has 5 nitrogen and oxygen atoms in total. The normalized spacial score (nSPS) is 11.2. The van der Waals surface area contributed by atoms with Crippen LogP contribution < -0.4 is 10.1 Å². The molecule has 0 heterocycles. The number of methoxy groups -OCH3 is 1. The van der Waals surface area contributed by atoms with E-state index in [2.05, 4.69) is 10.1 Å². The molecule has 8 heteroatoms. The summed E-state index contributed by atoms with van der Waals surface area (Å²) in [5, 5.41) is 2.39. The highest BCUT2D eigenvalue weighted by Crippen LogP contribution is 2.24. The SMILES string of the molecule is COCCOCC(=O)Nc1cccc(OC(F)(F)F)c1. The van der Waals surface area contributed by atoms with Crippen LogP contribution >= 0.6 is 0 Å². The van der Waals surface area contributed by atoms with Gasteiger partial charge in [0.05, 0.1) is 13.2 Å². The molecule has 0 aliphatic carbocycles. The third kappa shape index (κ3) is 6.95. The van der Waals surface area contributed by atoms with Crippen LogP contribution in [0.25, 0.3) is 0 Å². The molecular formula is C12H14F3NO4. The highest BCUT2D eigenvalue weighted by Gasteiger charge is 2.31. The number of rotatable bonds is 7. The lowest BCUT2D eigenvalue weighted by Crippen LogP contribution is -2.20. The zero-order valence-electron chi connectivity index (χ0n) is 10.7. The highest BCUT2D eigenvalue weighted by atomic mass is 19.4. The molecule has 0 atom stereocenters. The van der Waals surface area contributed by atoms with Gasteiger partial charge in [0.25, 0.3) is 0 Å². The summed E-state index contributed by atoms with van der Waals surface area (Å²) in [7, 11) is 1.50. The van der Waals surface area contributed by atoms with Crippen molar-refractivity contribution in [3.05, 3.63) is 24.3 Å². The van der Waals surface area contributed by atoms with Crippen LogP contribution in [0.1, 0.15) is 0 Å². The Labute approximate surface area is 113 Å². The summed E-state index contributed by atoms with van der Waals surface area (Å²) in [5.41, 5.74) is 0.187. The Balaban J connectivity index is 2.47. The third-order valence-electron chi connectivity index (χ3n) is 2.02. The van der Waals surface area contributed by atoms with Crippen molar-refractivity contribution in [1.82, 2.24) is 0 Å². The van der Waals surface area contributed by atoms with E-state index in [1.807, 2.05) is 0 Å². The number of alkyl halides is 3. The minimum Gasteiger partial charge on any atom is -0.406 e. The molecule has 20 heavy (non-hydrogen) atoms. The Morgan fingerprint density at radius 3 is 2.70 bits per heavy atom. The van der Waals surface area contributed by atoms with Gasteiger partial charge in [-0.25, -0.2) is 0 Å². The molecule has 1 aromatic carbocycles. The average Bonchev–Trinajstić information content (AvgIpc) is 2.33. The quantitative estimate of drug-likeness (QED) is 0.783. The maximum absolute atomic E-state index is 12.0. The minimum absolute atomic E-state index is 0.187. The number of nitrogens with one attached hydrogen (secondary N) is 1. The molecule has 0 spiro atoms. The average molecular weight is 293 g/mol. The number of anilines is 1. The molecule has 0 radical (unpaired) electrons. The number of carbonyl (C=O) groups excluding carboxylic acids is 1. The van der Waals surface area contributed by atoms with Gasteiger partial charge < -0.3 is 19.5 Å². The summed E-state index contributed by atoms with van der Waals surface area (Å²) in [5.74, 6) is -0.888. The molecule has 1 rings (SSSR count). The number of hydrogen-bond acceptors (Lipinski definition) is 4. The molecule has 0 saturated carbocycles. The molecule has 0 fully saturated rings. The molecule has 1 amide bonds. The van der Waals surface area contributed by atoms with Crippen molar-refractivity contribution in [3.8, 4) is 5.75 Å². The van der Waals surface area contributed by atoms with E-state index in [4.69, 9.17) is 9.47 Å². The van der Waals surface area contributed by atoms with Crippen molar-refractivity contribution in [2.45, 2.75) is 6.36 Å². The summed E-state index contributed by atoms with van der Waals surface area (Å²) < 4.78 is 49.5. The van der Waals surface area contributed by atoms with Crippen molar-refractivity contribution < 1.29 is 32.2 Å². The number of halogens is 3. The van der Waals surface area contributed by atoms with E-state index in [0.717, 1.165) is 12.1 Å².